The molecule has 0 heterocycles. The Bertz CT molecular complexity index is 298. The van der Waals surface area contributed by atoms with Crippen molar-refractivity contribution in [2.75, 3.05) is 5.06 Å². The quantitative estimate of drug-likeness (QED) is 0.545. The molecule has 0 aromatic heterocycles. The van der Waals surface area contributed by atoms with Gasteiger partial charge in [-0.15, -0.1) is 13.2 Å². The molecule has 1 aromatic rings. The van der Waals surface area contributed by atoms with Crippen LogP contribution in [0.15, 0.2) is 24.3 Å². The minimum absolute atomic E-state index is 0.255. The van der Waals surface area contributed by atoms with Crippen molar-refractivity contribution in [2.24, 2.45) is 0 Å². The van der Waals surface area contributed by atoms with Gasteiger partial charge in [0.05, 0.1) is 5.69 Å². The van der Waals surface area contributed by atoms with Crippen LogP contribution < -0.4 is 5.06 Å². The fourth-order valence-electron chi connectivity index (χ4n) is 0.938. The maximum atomic E-state index is 12.0. The number of halogens is 3. The normalized spacial score (nSPS) is 11.5. The first-order chi connectivity index (χ1) is 5.93. The van der Waals surface area contributed by atoms with E-state index in [4.69, 9.17) is 5.21 Å². The summed E-state index contributed by atoms with van der Waals surface area (Å²) >= 11 is 0. The van der Waals surface area contributed by atoms with Crippen LogP contribution in [-0.2, 0) is 0 Å². The first-order valence-corrected chi connectivity index (χ1v) is 3.54. The first kappa shape index (κ1) is 9.85. The lowest BCUT2D eigenvalue weighted by molar-refractivity contribution is -0.176. The summed E-state index contributed by atoms with van der Waals surface area (Å²) < 4.78 is 36.0. The molecule has 1 N–H and O–H groups in total. The highest BCUT2D eigenvalue weighted by Gasteiger charge is 2.37. The summed E-state index contributed by atoms with van der Waals surface area (Å²) in [6.07, 6.45) is -4.76. The van der Waals surface area contributed by atoms with Crippen LogP contribution in [0.1, 0.15) is 5.56 Å². The highest BCUT2D eigenvalue weighted by molar-refractivity contribution is 5.50. The zero-order valence-electron chi connectivity index (χ0n) is 6.84. The summed E-state index contributed by atoms with van der Waals surface area (Å²) in [7, 11) is 0. The summed E-state index contributed by atoms with van der Waals surface area (Å²) in [4.78, 5) is 0. The van der Waals surface area contributed by atoms with Crippen LogP contribution in [0.4, 0.5) is 18.9 Å². The second-order valence-electron chi connectivity index (χ2n) is 2.57. The minimum atomic E-state index is -4.76. The van der Waals surface area contributed by atoms with Crippen molar-refractivity contribution < 1.29 is 18.4 Å². The predicted octanol–water partition coefficient (Wildman–Crippen LogP) is 2.71. The first-order valence-electron chi connectivity index (χ1n) is 3.54. The molecule has 72 valence electrons. The lowest BCUT2D eigenvalue weighted by atomic mass is 10.2. The van der Waals surface area contributed by atoms with E-state index < -0.39 is 11.4 Å². The largest absolute Gasteiger partial charge is 0.508 e. The number of anilines is 1. The average molecular weight is 191 g/mol. The second-order valence-corrected chi connectivity index (χ2v) is 2.57. The summed E-state index contributed by atoms with van der Waals surface area (Å²) in [5.41, 5.74) is 0.109. The van der Waals surface area contributed by atoms with Crippen LogP contribution in [0.2, 0.25) is 0 Å². The highest BCUT2D eigenvalue weighted by Crippen LogP contribution is 2.28. The highest BCUT2D eigenvalue weighted by atomic mass is 19.4. The molecule has 0 aliphatic rings. The number of hydroxylamine groups is 1. The Balaban J connectivity index is 3.02. The number of benzene rings is 1. The summed E-state index contributed by atoms with van der Waals surface area (Å²) in [6.45, 7) is 1.49. The van der Waals surface area contributed by atoms with Crippen LogP contribution in [0.5, 0.6) is 0 Å². The topological polar surface area (TPSA) is 23.5 Å². The van der Waals surface area contributed by atoms with Crippen molar-refractivity contribution in [1.82, 2.24) is 0 Å². The molecule has 0 unspecified atom stereocenters. The van der Waals surface area contributed by atoms with E-state index in [-0.39, 0.29) is 5.69 Å². The van der Waals surface area contributed by atoms with E-state index in [1.807, 2.05) is 0 Å². The van der Waals surface area contributed by atoms with E-state index in [9.17, 15) is 13.2 Å². The van der Waals surface area contributed by atoms with Crippen molar-refractivity contribution in [3.63, 3.8) is 0 Å². The molecular formula is C8H8F3NO. The summed E-state index contributed by atoms with van der Waals surface area (Å²) in [5.74, 6) is 0. The van der Waals surface area contributed by atoms with Gasteiger partial charge in [-0.2, -0.15) is 5.06 Å². The van der Waals surface area contributed by atoms with Gasteiger partial charge in [-0.3, -0.25) is 5.21 Å². The van der Waals surface area contributed by atoms with Gasteiger partial charge in [-0.05, 0) is 18.6 Å². The molecular weight excluding hydrogens is 183 g/mol. The van der Waals surface area contributed by atoms with E-state index in [1.165, 1.54) is 25.1 Å². The maximum absolute atomic E-state index is 12.0. The average Bonchev–Trinajstić information content (AvgIpc) is 2.02. The smallest absolute Gasteiger partial charge is 0.281 e. The maximum Gasteiger partial charge on any atom is 0.508 e. The molecule has 0 saturated heterocycles. The second kappa shape index (κ2) is 3.26. The van der Waals surface area contributed by atoms with Crippen LogP contribution in [0.3, 0.4) is 0 Å². The predicted molar refractivity (Wildman–Crippen MR) is 41.5 cm³/mol. The van der Waals surface area contributed by atoms with Gasteiger partial charge < -0.3 is 0 Å². The zero-order valence-corrected chi connectivity index (χ0v) is 6.84. The van der Waals surface area contributed by atoms with Gasteiger partial charge in [0.25, 0.3) is 0 Å². The van der Waals surface area contributed by atoms with Gasteiger partial charge >= 0.3 is 6.30 Å². The fraction of sp³-hybridized carbons (Fsp3) is 0.250. The number of alkyl halides is 3. The molecule has 0 amide bonds. The number of hydrogen-bond donors (Lipinski definition) is 1. The Kier molecular flexibility index (Phi) is 2.47. The lowest BCUT2D eigenvalue weighted by Crippen LogP contribution is -2.35. The molecule has 0 radical (unpaired) electrons. The molecule has 13 heavy (non-hydrogen) atoms. The van der Waals surface area contributed by atoms with E-state index in [0.29, 0.717) is 5.56 Å². The van der Waals surface area contributed by atoms with Crippen molar-refractivity contribution in [2.45, 2.75) is 13.2 Å². The monoisotopic (exact) mass is 191 g/mol. The molecule has 0 saturated carbocycles. The Morgan fingerprint density at radius 2 is 1.77 bits per heavy atom. The number of nitrogens with zero attached hydrogens (tertiary/aromatic N) is 1. The molecule has 0 atom stereocenters. The van der Waals surface area contributed by atoms with Gasteiger partial charge in [0.2, 0.25) is 0 Å². The number of hydrogen-bond acceptors (Lipinski definition) is 2. The summed E-state index contributed by atoms with van der Waals surface area (Å²) in [5, 5.41) is 8.05. The Hall–Kier alpha value is -1.23. The van der Waals surface area contributed by atoms with Crippen LogP contribution in [0.25, 0.3) is 0 Å². The number of para-hydroxylation sites is 1. The van der Waals surface area contributed by atoms with E-state index >= 15 is 0 Å². The van der Waals surface area contributed by atoms with Crippen molar-refractivity contribution in [1.29, 1.82) is 0 Å². The standard InChI is InChI=1S/C8H8F3NO/c1-6-4-2-3-5-7(6)12(13)8(9,10)11/h2-5,13H,1H3. The van der Waals surface area contributed by atoms with Gasteiger partial charge in [-0.1, -0.05) is 18.2 Å². The van der Waals surface area contributed by atoms with Crippen LogP contribution >= 0.6 is 0 Å². The third-order valence-electron chi connectivity index (χ3n) is 1.58. The molecule has 1 aromatic carbocycles. The molecule has 1 rings (SSSR count). The zero-order chi connectivity index (χ0) is 10.1. The lowest BCUT2D eigenvalue weighted by Gasteiger charge is -2.20. The number of aryl methyl sites for hydroxylation is 1. The molecule has 0 bridgehead atoms. The van der Waals surface area contributed by atoms with Crippen molar-refractivity contribution >= 4 is 5.69 Å². The Morgan fingerprint density at radius 3 is 2.23 bits per heavy atom. The van der Waals surface area contributed by atoms with Crippen molar-refractivity contribution in [3.05, 3.63) is 29.8 Å². The SMILES string of the molecule is Cc1ccccc1N(O)C(F)(F)F. The molecule has 0 aliphatic carbocycles. The molecule has 0 spiro atoms. The van der Waals surface area contributed by atoms with Gasteiger partial charge in [0, 0.05) is 0 Å². The van der Waals surface area contributed by atoms with Crippen LogP contribution in [0, 0.1) is 6.92 Å². The van der Waals surface area contributed by atoms with Gasteiger partial charge in [0.1, 0.15) is 0 Å². The van der Waals surface area contributed by atoms with E-state index in [0.717, 1.165) is 0 Å². The third-order valence-corrected chi connectivity index (χ3v) is 1.58. The van der Waals surface area contributed by atoms with Crippen molar-refractivity contribution in [3.8, 4) is 0 Å². The van der Waals surface area contributed by atoms with Crippen LogP contribution in [-0.4, -0.2) is 11.5 Å². The molecule has 0 aliphatic heterocycles. The summed E-state index contributed by atoms with van der Waals surface area (Å²) in [6, 6.07) is 5.72. The van der Waals surface area contributed by atoms with E-state index in [1.54, 1.807) is 6.07 Å². The minimum Gasteiger partial charge on any atom is -0.281 e. The van der Waals surface area contributed by atoms with Gasteiger partial charge in [0.15, 0.2) is 0 Å². The van der Waals surface area contributed by atoms with E-state index in [2.05, 4.69) is 0 Å². The molecule has 2 nitrogen and oxygen atoms in total. The number of rotatable bonds is 1. The Morgan fingerprint density at radius 1 is 1.23 bits per heavy atom. The fourth-order valence-corrected chi connectivity index (χ4v) is 0.938. The molecule has 0 fully saturated rings. The van der Waals surface area contributed by atoms with Gasteiger partial charge in [-0.25, -0.2) is 0 Å². The Labute approximate surface area is 73.2 Å². The molecule has 5 heteroatoms. The third kappa shape index (κ3) is 2.12.